The van der Waals surface area contributed by atoms with Crippen LogP contribution in [0.3, 0.4) is 0 Å². The largest absolute Gasteiger partial charge is 0.435 e. The third-order valence-electron chi connectivity index (χ3n) is 2.88. The fourth-order valence-corrected chi connectivity index (χ4v) is 1.08. The second-order valence-corrected chi connectivity index (χ2v) is 5.42. The summed E-state index contributed by atoms with van der Waals surface area (Å²) in [4.78, 5) is 22.2. The summed E-state index contributed by atoms with van der Waals surface area (Å²) in [6, 6.07) is 1.72. The predicted molar refractivity (Wildman–Crippen MR) is 110 cm³/mol. The first-order chi connectivity index (χ1) is 13.1. The molecule has 1 fully saturated rings. The number of hydrogen-bond acceptors (Lipinski definition) is 7. The van der Waals surface area contributed by atoms with Gasteiger partial charge in [0.05, 0.1) is 32.2 Å². The molecule has 0 saturated carbocycles. The van der Waals surface area contributed by atoms with E-state index in [1.807, 2.05) is 25.9 Å². The Morgan fingerprint density at radius 2 is 1.89 bits per heavy atom. The molecule has 158 valence electrons. The second kappa shape index (κ2) is 20.6. The fourth-order valence-electron chi connectivity index (χ4n) is 1.08. The molecule has 2 atom stereocenters. The minimum absolute atomic E-state index is 0.0255. The van der Waals surface area contributed by atoms with Crippen molar-refractivity contribution < 1.29 is 23.8 Å². The highest BCUT2D eigenvalue weighted by atomic mass is 16.6. The van der Waals surface area contributed by atoms with Gasteiger partial charge in [0, 0.05) is 24.6 Å². The van der Waals surface area contributed by atoms with Crippen LogP contribution in [0, 0.1) is 11.3 Å². The molecule has 1 saturated heterocycles. The molecule has 1 aliphatic heterocycles. The highest BCUT2D eigenvalue weighted by Crippen LogP contribution is 2.07. The predicted octanol–water partition coefficient (Wildman–Crippen LogP) is 1.95. The summed E-state index contributed by atoms with van der Waals surface area (Å²) < 4.78 is 14.1. The fraction of sp³-hybridized carbons (Fsp3) is 0.450. The highest BCUT2D eigenvalue weighted by Gasteiger charge is 2.21. The number of epoxide rings is 1. The molecule has 2 unspecified atom stereocenters. The number of ether oxygens (including phenoxy) is 3. The van der Waals surface area contributed by atoms with Gasteiger partial charge in [-0.3, -0.25) is 9.59 Å². The molecule has 0 radical (unpaired) electrons. The maximum atomic E-state index is 10.5. The van der Waals surface area contributed by atoms with E-state index in [4.69, 9.17) is 20.5 Å². The Hall–Kier alpha value is -2.73. The van der Waals surface area contributed by atoms with Crippen molar-refractivity contribution in [2.45, 2.75) is 26.0 Å². The summed E-state index contributed by atoms with van der Waals surface area (Å²) in [6.45, 7) is 18.8. The summed E-state index contributed by atoms with van der Waals surface area (Å²) >= 11 is 0. The van der Waals surface area contributed by atoms with E-state index in [-0.39, 0.29) is 12.0 Å². The number of carbonyl (C=O) groups is 2. The van der Waals surface area contributed by atoms with E-state index in [1.54, 1.807) is 12.1 Å². The van der Waals surface area contributed by atoms with E-state index < -0.39 is 5.91 Å². The van der Waals surface area contributed by atoms with Crippen LogP contribution in [0.25, 0.3) is 0 Å². The SMILES string of the molecule is C=C(C(N)=O)C(C)N(C)C.C=CC#N.C=CCOCC1CO1.C=COC(C)=O. The molecule has 28 heavy (non-hydrogen) atoms. The standard InChI is InChI=1S/C7H14N2O.C6H10O2.C4H6O2.C3H3N/c1-5(7(8)10)6(2)9(3)4;1-2-3-7-4-6-5-8-6;1-3-6-4(2)5;1-2-3-4/h6H,1H2,2-4H3,(H2,8,10);2,6H,1,3-5H2;3H,1H2,2H3;2H,1H2. The molecule has 1 amide bonds. The Morgan fingerprint density at radius 3 is 2.07 bits per heavy atom. The quantitative estimate of drug-likeness (QED) is 0.127. The molecule has 1 aliphatic rings. The van der Waals surface area contributed by atoms with Crippen molar-refractivity contribution in [1.82, 2.24) is 4.90 Å². The second-order valence-electron chi connectivity index (χ2n) is 5.42. The Labute approximate surface area is 168 Å². The van der Waals surface area contributed by atoms with Gasteiger partial charge >= 0.3 is 5.97 Å². The van der Waals surface area contributed by atoms with E-state index in [1.165, 1.54) is 13.0 Å². The Kier molecular flexibility index (Phi) is 22.1. The molecule has 8 heteroatoms. The molecule has 0 aliphatic carbocycles. The van der Waals surface area contributed by atoms with Gasteiger partial charge in [-0.15, -0.1) is 6.58 Å². The van der Waals surface area contributed by atoms with Crippen molar-refractivity contribution >= 4 is 11.9 Å². The van der Waals surface area contributed by atoms with Crippen molar-refractivity contribution in [2.75, 3.05) is 33.9 Å². The number of nitriles is 1. The smallest absolute Gasteiger partial charge is 0.307 e. The van der Waals surface area contributed by atoms with Crippen LogP contribution >= 0.6 is 0 Å². The lowest BCUT2D eigenvalue weighted by atomic mass is 10.1. The maximum absolute atomic E-state index is 10.5. The van der Waals surface area contributed by atoms with Gasteiger partial charge in [-0.25, -0.2) is 0 Å². The van der Waals surface area contributed by atoms with E-state index in [9.17, 15) is 9.59 Å². The van der Waals surface area contributed by atoms with Gasteiger partial charge in [-0.05, 0) is 21.0 Å². The number of nitrogens with two attached hydrogens (primary N) is 1. The van der Waals surface area contributed by atoms with E-state index in [0.717, 1.165) is 19.5 Å². The molecular formula is C20H33N3O5. The van der Waals surface area contributed by atoms with Crippen molar-refractivity contribution in [3.63, 3.8) is 0 Å². The van der Waals surface area contributed by atoms with Gasteiger partial charge in [0.15, 0.2) is 0 Å². The normalized spacial score (nSPS) is 13.9. The number of likely N-dealkylation sites (N-methyl/N-ethyl adjacent to an activating group) is 1. The van der Waals surface area contributed by atoms with Gasteiger partial charge in [0.25, 0.3) is 0 Å². The lowest BCUT2D eigenvalue weighted by Crippen LogP contribution is -2.32. The first-order valence-electron chi connectivity index (χ1n) is 8.32. The van der Waals surface area contributed by atoms with Crippen LogP contribution in [0.1, 0.15) is 13.8 Å². The summed E-state index contributed by atoms with van der Waals surface area (Å²) in [5.74, 6) is -0.758. The summed E-state index contributed by atoms with van der Waals surface area (Å²) in [7, 11) is 3.75. The molecule has 0 bridgehead atoms. The first kappa shape index (κ1) is 30.0. The van der Waals surface area contributed by atoms with Crippen LogP contribution in [0.5, 0.6) is 0 Å². The minimum atomic E-state index is -0.429. The van der Waals surface area contributed by atoms with Crippen LogP contribution < -0.4 is 5.73 Å². The van der Waals surface area contributed by atoms with Crippen molar-refractivity contribution in [2.24, 2.45) is 5.73 Å². The minimum Gasteiger partial charge on any atom is -0.435 e. The number of esters is 1. The zero-order valence-corrected chi connectivity index (χ0v) is 17.3. The van der Waals surface area contributed by atoms with Crippen LogP contribution in [0.2, 0.25) is 0 Å². The van der Waals surface area contributed by atoms with Crippen molar-refractivity contribution in [1.29, 1.82) is 5.26 Å². The first-order valence-corrected chi connectivity index (χ1v) is 8.32. The molecular weight excluding hydrogens is 362 g/mol. The average Bonchev–Trinajstić information content (AvgIpc) is 3.46. The zero-order chi connectivity index (χ0) is 22.5. The number of allylic oxidation sites excluding steroid dienone is 1. The number of nitrogens with zero attached hydrogens (tertiary/aromatic N) is 2. The number of amides is 1. The molecule has 0 aromatic heterocycles. The molecule has 1 heterocycles. The average molecular weight is 396 g/mol. The van der Waals surface area contributed by atoms with Gasteiger partial charge in [0.1, 0.15) is 6.10 Å². The van der Waals surface area contributed by atoms with Crippen molar-refractivity contribution in [3.8, 4) is 6.07 Å². The van der Waals surface area contributed by atoms with Crippen LogP contribution in [0.4, 0.5) is 0 Å². The molecule has 0 spiro atoms. The summed E-state index contributed by atoms with van der Waals surface area (Å²) in [5, 5.41) is 7.51. The third kappa shape index (κ3) is 25.5. The molecule has 8 nitrogen and oxygen atoms in total. The molecule has 0 aromatic carbocycles. The van der Waals surface area contributed by atoms with Crippen molar-refractivity contribution in [3.05, 3.63) is 50.3 Å². The highest BCUT2D eigenvalue weighted by molar-refractivity contribution is 5.92. The number of hydrogen-bond donors (Lipinski definition) is 1. The van der Waals surface area contributed by atoms with Crippen LogP contribution in [-0.2, 0) is 23.8 Å². The molecule has 2 N–H and O–H groups in total. The lowest BCUT2D eigenvalue weighted by Gasteiger charge is -2.19. The number of carbonyl (C=O) groups excluding carboxylic acids is 2. The topological polar surface area (TPSA) is 118 Å². The van der Waals surface area contributed by atoms with E-state index in [2.05, 4.69) is 31.1 Å². The van der Waals surface area contributed by atoms with Gasteiger partial charge in [-0.2, -0.15) is 5.26 Å². The summed E-state index contributed by atoms with van der Waals surface area (Å²) in [6.07, 6.45) is 4.40. The van der Waals surface area contributed by atoms with Gasteiger partial charge in [0.2, 0.25) is 5.91 Å². The van der Waals surface area contributed by atoms with Crippen LogP contribution in [0.15, 0.2) is 50.3 Å². The Balaban J connectivity index is -0.000000313. The van der Waals surface area contributed by atoms with Gasteiger partial charge in [-0.1, -0.05) is 25.8 Å². The number of primary amides is 1. The van der Waals surface area contributed by atoms with E-state index >= 15 is 0 Å². The number of rotatable bonds is 8. The maximum Gasteiger partial charge on any atom is 0.307 e. The monoisotopic (exact) mass is 395 g/mol. The third-order valence-corrected chi connectivity index (χ3v) is 2.88. The van der Waals surface area contributed by atoms with Crippen LogP contribution in [-0.4, -0.2) is 62.8 Å². The summed E-state index contributed by atoms with van der Waals surface area (Å²) in [5.41, 5.74) is 5.46. The van der Waals surface area contributed by atoms with E-state index in [0.29, 0.717) is 18.3 Å². The lowest BCUT2D eigenvalue weighted by molar-refractivity contribution is -0.135. The Bertz CT molecular complexity index is 534. The molecule has 1 rings (SSSR count). The molecule has 0 aromatic rings. The Morgan fingerprint density at radius 1 is 1.39 bits per heavy atom. The zero-order valence-electron chi connectivity index (χ0n) is 17.3. The van der Waals surface area contributed by atoms with Gasteiger partial charge < -0.3 is 24.8 Å².